The van der Waals surface area contributed by atoms with Gasteiger partial charge in [-0.1, -0.05) is 12.6 Å². The summed E-state index contributed by atoms with van der Waals surface area (Å²) in [5.41, 5.74) is 1.50. The van der Waals surface area contributed by atoms with Crippen LogP contribution in [-0.4, -0.2) is 71.3 Å². The average molecular weight is 573 g/mol. The number of hydrogen-bond donors (Lipinski definition) is 2. The summed E-state index contributed by atoms with van der Waals surface area (Å²) in [7, 11) is 7.66. The monoisotopic (exact) mass is 572 g/mol. The first-order chi connectivity index (χ1) is 20.0. The zero-order valence-corrected chi connectivity index (χ0v) is 24.7. The number of aromatic nitrogens is 4. The highest BCUT2D eigenvalue weighted by Crippen LogP contribution is 2.31. The van der Waals surface area contributed by atoms with E-state index < -0.39 is 17.0 Å². The second-order valence-corrected chi connectivity index (χ2v) is 10.3. The number of anilines is 4. The summed E-state index contributed by atoms with van der Waals surface area (Å²) < 4.78 is 8.26. The molecule has 4 rings (SSSR count). The minimum absolute atomic E-state index is 0.202. The molecule has 2 aromatic carbocycles. The molecule has 4 aromatic rings. The second-order valence-electron chi connectivity index (χ2n) is 10.3. The van der Waals surface area contributed by atoms with Crippen LogP contribution in [0.2, 0.25) is 0 Å². The van der Waals surface area contributed by atoms with Crippen LogP contribution in [0.3, 0.4) is 0 Å². The topological polar surface area (TPSA) is 127 Å². The van der Waals surface area contributed by atoms with E-state index in [-0.39, 0.29) is 17.6 Å². The maximum Gasteiger partial charge on any atom is 0.322 e. The van der Waals surface area contributed by atoms with Crippen LogP contribution in [0.5, 0.6) is 5.75 Å². The van der Waals surface area contributed by atoms with Crippen LogP contribution < -0.4 is 31.4 Å². The van der Waals surface area contributed by atoms with Gasteiger partial charge in [-0.25, -0.2) is 4.98 Å². The summed E-state index contributed by atoms with van der Waals surface area (Å²) in [6.45, 7) is 8.82. The number of carbonyl (C=O) groups excluding carboxylic acids is 1. The lowest BCUT2D eigenvalue weighted by Gasteiger charge is -2.23. The smallest absolute Gasteiger partial charge is 0.322 e. The third-order valence-electron chi connectivity index (χ3n) is 6.65. The van der Waals surface area contributed by atoms with Gasteiger partial charge in [0.2, 0.25) is 11.9 Å². The van der Waals surface area contributed by atoms with Crippen LogP contribution in [0.25, 0.3) is 16.9 Å². The van der Waals surface area contributed by atoms with Crippen molar-refractivity contribution in [2.24, 2.45) is 0 Å². The number of ether oxygens (including phenoxy) is 1. The molecule has 42 heavy (non-hydrogen) atoms. The maximum absolute atomic E-state index is 13.5. The van der Waals surface area contributed by atoms with E-state index >= 15 is 0 Å². The maximum atomic E-state index is 13.5. The van der Waals surface area contributed by atoms with E-state index in [0.29, 0.717) is 28.3 Å². The molecule has 2 heterocycles. The standard InChI is InChI=1S/C30H36N8O4/c1-8-26(39)32-20-10-9-11-22(16-20)38-27-24(37(19(2)3)28(40)29(38)41)18-31-30(34-27)33-23-13-12-21(17-25(23)42-7)36(6)15-14-35(4)5/h8-13,16-19H,1,14-15H2,2-7H3,(H,32,39)(H,31,33,34). The molecular weight excluding hydrogens is 536 g/mol. The van der Waals surface area contributed by atoms with Crippen molar-refractivity contribution in [3.8, 4) is 11.4 Å². The van der Waals surface area contributed by atoms with Gasteiger partial charge in [0, 0.05) is 43.6 Å². The fraction of sp³-hybridized carbons (Fsp3) is 0.300. The molecule has 0 unspecified atom stereocenters. The molecule has 0 saturated heterocycles. The molecule has 0 bridgehead atoms. The predicted octanol–water partition coefficient (Wildman–Crippen LogP) is 3.40. The molecule has 12 heteroatoms. The van der Waals surface area contributed by atoms with Crippen LogP contribution in [0, 0.1) is 0 Å². The molecule has 0 aliphatic rings. The Balaban J connectivity index is 1.82. The van der Waals surface area contributed by atoms with Crippen molar-refractivity contribution in [1.29, 1.82) is 0 Å². The normalized spacial score (nSPS) is 11.1. The third-order valence-corrected chi connectivity index (χ3v) is 6.65. The molecule has 0 fully saturated rings. The molecule has 1 amide bonds. The number of rotatable bonds is 11. The largest absolute Gasteiger partial charge is 0.494 e. The minimum atomic E-state index is -0.782. The highest BCUT2D eigenvalue weighted by molar-refractivity contribution is 5.99. The summed E-state index contributed by atoms with van der Waals surface area (Å²) in [5.74, 6) is 0.382. The molecule has 220 valence electrons. The van der Waals surface area contributed by atoms with Crippen LogP contribution in [0.15, 0.2) is 70.9 Å². The molecule has 0 spiro atoms. The van der Waals surface area contributed by atoms with E-state index in [4.69, 9.17) is 4.74 Å². The number of nitrogens with zero attached hydrogens (tertiary/aromatic N) is 6. The van der Waals surface area contributed by atoms with Gasteiger partial charge in [0.1, 0.15) is 11.3 Å². The van der Waals surface area contributed by atoms with Crippen LogP contribution in [0.1, 0.15) is 19.9 Å². The van der Waals surface area contributed by atoms with Gasteiger partial charge in [-0.3, -0.25) is 23.5 Å². The first-order valence-electron chi connectivity index (χ1n) is 13.4. The Hall–Kier alpha value is -4.97. The molecule has 0 aliphatic carbocycles. The zero-order valence-electron chi connectivity index (χ0n) is 24.7. The summed E-state index contributed by atoms with van der Waals surface area (Å²) in [5, 5.41) is 5.87. The fourth-order valence-corrected chi connectivity index (χ4v) is 4.45. The Morgan fingerprint density at radius 1 is 1.10 bits per heavy atom. The zero-order chi connectivity index (χ0) is 30.6. The number of carbonyl (C=O) groups is 1. The summed E-state index contributed by atoms with van der Waals surface area (Å²) >= 11 is 0. The van der Waals surface area contributed by atoms with E-state index in [2.05, 4.69) is 37.0 Å². The van der Waals surface area contributed by atoms with Gasteiger partial charge < -0.3 is 25.2 Å². The number of methoxy groups -OCH3 is 1. The Labute approximate surface area is 243 Å². The first-order valence-corrected chi connectivity index (χ1v) is 13.4. The molecule has 2 N–H and O–H groups in total. The molecule has 12 nitrogen and oxygen atoms in total. The fourth-order valence-electron chi connectivity index (χ4n) is 4.45. The van der Waals surface area contributed by atoms with Crippen molar-refractivity contribution in [2.45, 2.75) is 19.9 Å². The predicted molar refractivity (Wildman–Crippen MR) is 167 cm³/mol. The molecule has 0 aliphatic heterocycles. The summed E-state index contributed by atoms with van der Waals surface area (Å²) in [6.07, 6.45) is 2.66. The lowest BCUT2D eigenvalue weighted by molar-refractivity contribution is -0.111. The molecule has 0 atom stereocenters. The van der Waals surface area contributed by atoms with E-state index in [1.54, 1.807) is 31.4 Å². The van der Waals surface area contributed by atoms with Crippen LogP contribution in [-0.2, 0) is 4.79 Å². The number of likely N-dealkylation sites (N-methyl/N-ethyl adjacent to an activating group) is 2. The van der Waals surface area contributed by atoms with Gasteiger partial charge in [0.25, 0.3) is 0 Å². The van der Waals surface area contributed by atoms with Crippen molar-refractivity contribution < 1.29 is 9.53 Å². The van der Waals surface area contributed by atoms with Crippen LogP contribution >= 0.6 is 0 Å². The Morgan fingerprint density at radius 2 is 1.86 bits per heavy atom. The SMILES string of the molecule is C=CC(=O)Nc1cccc(-n2c(=O)c(=O)n(C(C)C)c3cnc(Nc4ccc(N(C)CCN(C)C)cc4OC)nc32)c1. The van der Waals surface area contributed by atoms with Crippen molar-refractivity contribution in [2.75, 3.05) is 56.9 Å². The highest BCUT2D eigenvalue weighted by Gasteiger charge is 2.19. The van der Waals surface area contributed by atoms with Crippen molar-refractivity contribution in [3.05, 3.63) is 82.0 Å². The van der Waals surface area contributed by atoms with Gasteiger partial charge in [-0.05, 0) is 64.4 Å². The lowest BCUT2D eigenvalue weighted by atomic mass is 10.2. The minimum Gasteiger partial charge on any atom is -0.494 e. The molecule has 0 saturated carbocycles. The number of nitrogens with one attached hydrogen (secondary N) is 2. The van der Waals surface area contributed by atoms with Gasteiger partial charge in [0.05, 0.1) is 24.7 Å². The van der Waals surface area contributed by atoms with Gasteiger partial charge >= 0.3 is 11.1 Å². The second kappa shape index (κ2) is 12.7. The number of amides is 1. The van der Waals surface area contributed by atoms with Gasteiger partial charge in [0.15, 0.2) is 5.65 Å². The van der Waals surface area contributed by atoms with E-state index in [9.17, 15) is 14.4 Å². The van der Waals surface area contributed by atoms with E-state index in [1.807, 2.05) is 53.2 Å². The molecule has 2 aromatic heterocycles. The van der Waals surface area contributed by atoms with Crippen molar-refractivity contribution >= 4 is 40.1 Å². The van der Waals surface area contributed by atoms with Crippen molar-refractivity contribution in [1.82, 2.24) is 24.0 Å². The average Bonchev–Trinajstić information content (AvgIpc) is 2.96. The highest BCUT2D eigenvalue weighted by atomic mass is 16.5. The Bertz CT molecular complexity index is 1740. The Kier molecular flexibility index (Phi) is 9.06. The lowest BCUT2D eigenvalue weighted by Crippen LogP contribution is -2.42. The van der Waals surface area contributed by atoms with Gasteiger partial charge in [-0.2, -0.15) is 4.98 Å². The molecule has 0 radical (unpaired) electrons. The van der Waals surface area contributed by atoms with Crippen molar-refractivity contribution in [3.63, 3.8) is 0 Å². The van der Waals surface area contributed by atoms with Gasteiger partial charge in [-0.15, -0.1) is 0 Å². The summed E-state index contributed by atoms with van der Waals surface area (Å²) in [4.78, 5) is 52.0. The first kappa shape index (κ1) is 30.0. The Morgan fingerprint density at radius 3 is 2.52 bits per heavy atom. The van der Waals surface area contributed by atoms with E-state index in [1.165, 1.54) is 15.3 Å². The number of benzene rings is 2. The number of hydrogen-bond acceptors (Lipinski definition) is 9. The summed E-state index contributed by atoms with van der Waals surface area (Å²) in [6, 6.07) is 12.0. The number of fused-ring (bicyclic) bond motifs is 1. The molecular formula is C30H36N8O4. The van der Waals surface area contributed by atoms with E-state index in [0.717, 1.165) is 24.9 Å². The quantitative estimate of drug-likeness (QED) is 0.205. The van der Waals surface area contributed by atoms with Crippen LogP contribution in [0.4, 0.5) is 23.0 Å². The third kappa shape index (κ3) is 6.33.